The summed E-state index contributed by atoms with van der Waals surface area (Å²) in [7, 11) is 3.30. The number of hydrogen-bond donors (Lipinski definition) is 2. The van der Waals surface area contributed by atoms with Gasteiger partial charge in [0.05, 0.1) is 25.0 Å². The number of ether oxygens (including phenoxy) is 5. The van der Waals surface area contributed by atoms with Crippen LogP contribution in [0.15, 0.2) is 12.3 Å². The van der Waals surface area contributed by atoms with Gasteiger partial charge in [-0.3, -0.25) is 0 Å². The Morgan fingerprint density at radius 1 is 1.14 bits per heavy atom. The van der Waals surface area contributed by atoms with E-state index in [0.717, 1.165) is 19.3 Å². The van der Waals surface area contributed by atoms with Gasteiger partial charge < -0.3 is 34.5 Å². The number of unbranched alkanes of at least 4 members (excludes halogenated alkanes) is 4. The van der Waals surface area contributed by atoms with Crippen LogP contribution in [-0.4, -0.2) is 69.3 Å². The van der Waals surface area contributed by atoms with Gasteiger partial charge in [-0.1, -0.05) is 45.1 Å². The van der Waals surface area contributed by atoms with E-state index in [9.17, 15) is 5.11 Å². The van der Waals surface area contributed by atoms with E-state index in [1.54, 1.807) is 20.3 Å². The Labute approximate surface area is 170 Å². The van der Waals surface area contributed by atoms with Crippen LogP contribution in [0.3, 0.4) is 0 Å². The lowest BCUT2D eigenvalue weighted by Crippen LogP contribution is -2.63. The SMILES string of the molecule is CC=CO[C@H]1O[C@H](COC)C(O)[C@H](OCC[C@@H](CCCCCCC)OC)[C@H]1N. The molecular weight excluding hydrogens is 362 g/mol. The molecule has 166 valence electrons. The summed E-state index contributed by atoms with van der Waals surface area (Å²) in [6.07, 6.45) is 8.72. The largest absolute Gasteiger partial charge is 0.471 e. The van der Waals surface area contributed by atoms with Crippen LogP contribution in [-0.2, 0) is 23.7 Å². The van der Waals surface area contributed by atoms with E-state index in [0.29, 0.717) is 6.61 Å². The third kappa shape index (κ3) is 8.76. The normalized spacial score (nSPS) is 29.3. The van der Waals surface area contributed by atoms with Gasteiger partial charge in [0.15, 0.2) is 0 Å². The monoisotopic (exact) mass is 403 g/mol. The van der Waals surface area contributed by atoms with E-state index in [1.165, 1.54) is 31.9 Å². The lowest BCUT2D eigenvalue weighted by Gasteiger charge is -2.42. The molecule has 1 heterocycles. The highest BCUT2D eigenvalue weighted by Crippen LogP contribution is 2.24. The number of aliphatic hydroxyl groups excluding tert-OH is 1. The van der Waals surface area contributed by atoms with Crippen molar-refractivity contribution in [3.05, 3.63) is 12.3 Å². The van der Waals surface area contributed by atoms with E-state index in [1.807, 2.05) is 6.92 Å². The predicted molar refractivity (Wildman–Crippen MR) is 109 cm³/mol. The Bertz CT molecular complexity index is 408. The molecule has 1 aliphatic heterocycles. The second kappa shape index (κ2) is 15.2. The fraction of sp³-hybridized carbons (Fsp3) is 0.905. The van der Waals surface area contributed by atoms with E-state index in [-0.39, 0.29) is 12.7 Å². The molecule has 28 heavy (non-hydrogen) atoms. The number of nitrogens with two attached hydrogens (primary N) is 1. The fourth-order valence-electron chi connectivity index (χ4n) is 3.42. The van der Waals surface area contributed by atoms with Gasteiger partial charge in [-0.15, -0.1) is 0 Å². The molecule has 1 fully saturated rings. The number of methoxy groups -OCH3 is 2. The van der Waals surface area contributed by atoms with Crippen molar-refractivity contribution >= 4 is 0 Å². The second-order valence-electron chi connectivity index (χ2n) is 7.36. The Hall–Kier alpha value is -0.700. The van der Waals surface area contributed by atoms with Crippen LogP contribution in [0.1, 0.15) is 58.8 Å². The molecule has 1 saturated heterocycles. The van der Waals surface area contributed by atoms with Crippen LogP contribution in [0, 0.1) is 0 Å². The molecule has 0 spiro atoms. The molecule has 7 nitrogen and oxygen atoms in total. The first-order chi connectivity index (χ1) is 13.6. The van der Waals surface area contributed by atoms with Crippen LogP contribution in [0.4, 0.5) is 0 Å². The smallest absolute Gasteiger partial charge is 0.217 e. The molecule has 7 heteroatoms. The maximum atomic E-state index is 10.6. The highest BCUT2D eigenvalue weighted by atomic mass is 16.7. The van der Waals surface area contributed by atoms with Crippen LogP contribution < -0.4 is 5.73 Å². The van der Waals surface area contributed by atoms with Crippen molar-refractivity contribution in [2.75, 3.05) is 27.4 Å². The van der Waals surface area contributed by atoms with Gasteiger partial charge in [0.25, 0.3) is 0 Å². The zero-order valence-electron chi connectivity index (χ0n) is 18.0. The van der Waals surface area contributed by atoms with E-state index >= 15 is 0 Å². The highest BCUT2D eigenvalue weighted by molar-refractivity contribution is 4.93. The molecule has 1 rings (SSSR count). The second-order valence-corrected chi connectivity index (χ2v) is 7.36. The summed E-state index contributed by atoms with van der Waals surface area (Å²) in [5, 5.41) is 10.6. The Morgan fingerprint density at radius 3 is 2.54 bits per heavy atom. The van der Waals surface area contributed by atoms with Crippen molar-refractivity contribution in [1.82, 2.24) is 0 Å². The Balaban J connectivity index is 2.50. The van der Waals surface area contributed by atoms with Gasteiger partial charge in [0.1, 0.15) is 18.3 Å². The van der Waals surface area contributed by atoms with Gasteiger partial charge in [-0.25, -0.2) is 0 Å². The molecule has 0 saturated carbocycles. The number of allylic oxidation sites excluding steroid dienone is 1. The quantitative estimate of drug-likeness (QED) is 0.321. The minimum atomic E-state index is -0.879. The zero-order valence-corrected chi connectivity index (χ0v) is 18.0. The summed E-state index contributed by atoms with van der Waals surface area (Å²) in [5.74, 6) is 0. The first-order valence-electron chi connectivity index (χ1n) is 10.6. The zero-order chi connectivity index (χ0) is 20.8. The first-order valence-corrected chi connectivity index (χ1v) is 10.6. The van der Waals surface area contributed by atoms with Crippen LogP contribution in [0.5, 0.6) is 0 Å². The molecule has 1 aliphatic rings. The van der Waals surface area contributed by atoms with Gasteiger partial charge in [-0.2, -0.15) is 0 Å². The minimum Gasteiger partial charge on any atom is -0.471 e. The van der Waals surface area contributed by atoms with E-state index in [2.05, 4.69) is 6.92 Å². The van der Waals surface area contributed by atoms with Crippen LogP contribution in [0.2, 0.25) is 0 Å². The van der Waals surface area contributed by atoms with Crippen LogP contribution in [0.25, 0.3) is 0 Å². The Morgan fingerprint density at radius 2 is 1.89 bits per heavy atom. The molecule has 0 aromatic heterocycles. The molecular formula is C21H41NO6. The minimum absolute atomic E-state index is 0.152. The molecule has 0 bridgehead atoms. The third-order valence-corrected chi connectivity index (χ3v) is 5.11. The van der Waals surface area contributed by atoms with E-state index < -0.39 is 30.6 Å². The number of aliphatic hydroxyl groups is 1. The molecule has 0 aromatic carbocycles. The maximum absolute atomic E-state index is 10.6. The number of rotatable bonds is 15. The first kappa shape index (κ1) is 25.3. The van der Waals surface area contributed by atoms with Gasteiger partial charge >= 0.3 is 0 Å². The summed E-state index contributed by atoms with van der Waals surface area (Å²) in [4.78, 5) is 0. The maximum Gasteiger partial charge on any atom is 0.217 e. The lowest BCUT2D eigenvalue weighted by molar-refractivity contribution is -0.260. The topological polar surface area (TPSA) is 92.4 Å². The standard InChI is InChI=1S/C21H41NO6/c1-5-7-8-9-10-11-16(25-4)12-14-26-20-18(22)21(27-13-6-2)28-17(15-24-3)19(20)23/h6,13,16-21,23H,5,7-12,14-15,22H2,1-4H3/t16-,17-,18-,19?,20-,21+/m1/s1. The molecule has 0 amide bonds. The average Bonchev–Trinajstić information content (AvgIpc) is 2.70. The fourth-order valence-corrected chi connectivity index (χ4v) is 3.42. The van der Waals surface area contributed by atoms with Crippen molar-refractivity contribution in [1.29, 1.82) is 0 Å². The summed E-state index contributed by atoms with van der Waals surface area (Å²) in [6, 6.07) is -0.602. The van der Waals surface area contributed by atoms with Gasteiger partial charge in [-0.05, 0) is 19.8 Å². The van der Waals surface area contributed by atoms with Crippen molar-refractivity contribution in [2.24, 2.45) is 5.73 Å². The highest BCUT2D eigenvalue weighted by Gasteiger charge is 2.45. The Kier molecular flexibility index (Phi) is 13.7. The van der Waals surface area contributed by atoms with Crippen molar-refractivity contribution in [2.45, 2.75) is 95.5 Å². The molecule has 3 N–H and O–H groups in total. The molecule has 6 atom stereocenters. The summed E-state index contributed by atoms with van der Waals surface area (Å²) in [6.45, 7) is 4.76. The van der Waals surface area contributed by atoms with Crippen molar-refractivity contribution < 1.29 is 28.8 Å². The summed E-state index contributed by atoms with van der Waals surface area (Å²) in [5.41, 5.74) is 6.25. The van der Waals surface area contributed by atoms with Crippen molar-refractivity contribution in [3.63, 3.8) is 0 Å². The van der Waals surface area contributed by atoms with Gasteiger partial charge in [0.2, 0.25) is 6.29 Å². The van der Waals surface area contributed by atoms with Gasteiger partial charge in [0, 0.05) is 20.8 Å². The van der Waals surface area contributed by atoms with Crippen molar-refractivity contribution in [3.8, 4) is 0 Å². The average molecular weight is 404 g/mol. The predicted octanol–water partition coefficient (Wildman–Crippen LogP) is 2.75. The molecule has 0 radical (unpaired) electrons. The number of hydrogen-bond acceptors (Lipinski definition) is 7. The van der Waals surface area contributed by atoms with Crippen LogP contribution >= 0.6 is 0 Å². The molecule has 0 aliphatic carbocycles. The molecule has 1 unspecified atom stereocenters. The third-order valence-electron chi connectivity index (χ3n) is 5.11. The lowest BCUT2D eigenvalue weighted by atomic mass is 9.97. The van der Waals surface area contributed by atoms with E-state index in [4.69, 9.17) is 29.4 Å². The summed E-state index contributed by atoms with van der Waals surface area (Å²) < 4.78 is 28.0. The molecule has 0 aromatic rings. The summed E-state index contributed by atoms with van der Waals surface area (Å²) >= 11 is 0.